The Morgan fingerprint density at radius 3 is 2.28 bits per heavy atom. The van der Waals surface area contributed by atoms with Gasteiger partial charge in [0.1, 0.15) is 5.75 Å². The van der Waals surface area contributed by atoms with Gasteiger partial charge in [0.2, 0.25) is 0 Å². The van der Waals surface area contributed by atoms with Crippen molar-refractivity contribution in [2.75, 3.05) is 7.11 Å². The van der Waals surface area contributed by atoms with E-state index >= 15 is 0 Å². The van der Waals surface area contributed by atoms with Crippen LogP contribution in [0.1, 0.15) is 11.1 Å². The Morgan fingerprint density at radius 1 is 1.00 bits per heavy atom. The fourth-order valence-electron chi connectivity index (χ4n) is 1.67. The summed E-state index contributed by atoms with van der Waals surface area (Å²) in [5.74, 6) is 0.899. The van der Waals surface area contributed by atoms with Gasteiger partial charge in [0.05, 0.1) is 7.11 Å². The monoisotopic (exact) mass is 302 g/mol. The van der Waals surface area contributed by atoms with Crippen LogP contribution in [0.4, 0.5) is 0 Å². The van der Waals surface area contributed by atoms with Crippen molar-refractivity contribution in [3.8, 4) is 5.75 Å². The lowest BCUT2D eigenvalue weighted by atomic mass is 10.1. The van der Waals surface area contributed by atoms with E-state index in [0.29, 0.717) is 0 Å². The molecule has 2 rings (SSSR count). The molecule has 0 saturated heterocycles. The van der Waals surface area contributed by atoms with Crippen LogP contribution in [-0.4, -0.2) is 7.11 Å². The van der Waals surface area contributed by atoms with E-state index in [9.17, 15) is 0 Å². The first-order valence-electron chi connectivity index (χ1n) is 5.83. The molecule has 0 N–H and O–H groups in total. The highest BCUT2D eigenvalue weighted by Crippen LogP contribution is 2.14. The van der Waals surface area contributed by atoms with Crippen molar-refractivity contribution < 1.29 is 4.74 Å². The number of ether oxygens (including phenoxy) is 1. The normalized spacial score (nSPS) is 10.8. The fraction of sp³-hybridized carbons (Fsp3) is 0.125. The number of methoxy groups -OCH3 is 1. The summed E-state index contributed by atoms with van der Waals surface area (Å²) < 4.78 is 6.24. The number of benzene rings is 2. The molecule has 0 aliphatic rings. The molecular weight excluding hydrogens is 288 g/mol. The molecule has 0 atom stereocenters. The number of hydrogen-bond donors (Lipinski definition) is 0. The lowest BCUT2D eigenvalue weighted by Crippen LogP contribution is -1.84. The number of halogens is 1. The van der Waals surface area contributed by atoms with E-state index in [4.69, 9.17) is 4.74 Å². The molecule has 18 heavy (non-hydrogen) atoms. The molecule has 2 aromatic carbocycles. The third-order valence-electron chi connectivity index (χ3n) is 2.69. The smallest absolute Gasteiger partial charge is 0.118 e. The summed E-state index contributed by atoms with van der Waals surface area (Å²) in [4.78, 5) is 0. The summed E-state index contributed by atoms with van der Waals surface area (Å²) in [6.45, 7) is 0. The van der Waals surface area contributed by atoms with Crippen LogP contribution in [0.2, 0.25) is 0 Å². The van der Waals surface area contributed by atoms with Gasteiger partial charge in [0.25, 0.3) is 0 Å². The molecule has 1 nitrogen and oxygen atoms in total. The summed E-state index contributed by atoms with van der Waals surface area (Å²) in [5.41, 5.74) is 2.50. The highest BCUT2D eigenvalue weighted by molar-refractivity contribution is 9.10. The molecule has 0 aliphatic heterocycles. The molecule has 0 radical (unpaired) electrons. The highest BCUT2D eigenvalue weighted by atomic mass is 79.9. The minimum Gasteiger partial charge on any atom is -0.497 e. The number of hydrogen-bond acceptors (Lipinski definition) is 1. The molecule has 0 heterocycles. The van der Waals surface area contributed by atoms with Crippen LogP contribution in [0.5, 0.6) is 5.75 Å². The molecule has 0 fully saturated rings. The standard InChI is InChI=1S/C16H15BrO/c1-18-16-11-7-14(8-12-16)4-2-3-13-5-9-15(17)10-6-13/h2-3,5-12H,4H2,1H3/b3-2-. The maximum absolute atomic E-state index is 5.13. The topological polar surface area (TPSA) is 9.23 Å². The van der Waals surface area contributed by atoms with Crippen molar-refractivity contribution in [3.63, 3.8) is 0 Å². The Labute approximate surface area is 116 Å². The predicted octanol–water partition coefficient (Wildman–Crippen LogP) is 4.71. The lowest BCUT2D eigenvalue weighted by molar-refractivity contribution is 0.414. The molecule has 0 aromatic heterocycles. The molecule has 0 unspecified atom stereocenters. The maximum atomic E-state index is 5.13. The highest BCUT2D eigenvalue weighted by Gasteiger charge is 1.92. The minimum absolute atomic E-state index is 0.899. The van der Waals surface area contributed by atoms with Crippen molar-refractivity contribution in [3.05, 3.63) is 70.2 Å². The van der Waals surface area contributed by atoms with Crippen LogP contribution >= 0.6 is 15.9 Å². The van der Waals surface area contributed by atoms with Crippen LogP contribution < -0.4 is 4.74 Å². The molecule has 0 saturated carbocycles. The van der Waals surface area contributed by atoms with Crippen molar-refractivity contribution in [2.45, 2.75) is 6.42 Å². The first-order chi connectivity index (χ1) is 8.78. The lowest BCUT2D eigenvalue weighted by Gasteiger charge is -2.00. The van der Waals surface area contributed by atoms with Gasteiger partial charge in [0.15, 0.2) is 0 Å². The van der Waals surface area contributed by atoms with Gasteiger partial charge >= 0.3 is 0 Å². The van der Waals surface area contributed by atoms with Crippen molar-refractivity contribution in [1.82, 2.24) is 0 Å². The Kier molecular flexibility index (Phi) is 4.59. The summed E-state index contributed by atoms with van der Waals surface area (Å²) in [6.07, 6.45) is 5.24. The van der Waals surface area contributed by atoms with Crippen LogP contribution in [0.3, 0.4) is 0 Å². The Morgan fingerprint density at radius 2 is 1.67 bits per heavy atom. The third kappa shape index (κ3) is 3.74. The molecule has 2 aromatic rings. The average Bonchev–Trinajstić information content (AvgIpc) is 2.42. The van der Waals surface area contributed by atoms with Gasteiger partial charge < -0.3 is 4.74 Å². The molecule has 2 heteroatoms. The molecule has 0 amide bonds. The van der Waals surface area contributed by atoms with E-state index in [2.05, 4.69) is 52.3 Å². The van der Waals surface area contributed by atoms with Crippen molar-refractivity contribution in [2.24, 2.45) is 0 Å². The van der Waals surface area contributed by atoms with E-state index in [1.165, 1.54) is 11.1 Å². The zero-order valence-corrected chi connectivity index (χ0v) is 11.9. The van der Waals surface area contributed by atoms with Gasteiger partial charge in [0, 0.05) is 4.47 Å². The van der Waals surface area contributed by atoms with Crippen LogP contribution in [-0.2, 0) is 6.42 Å². The van der Waals surface area contributed by atoms with E-state index in [0.717, 1.165) is 16.6 Å². The molecular formula is C16H15BrO. The van der Waals surface area contributed by atoms with Gasteiger partial charge in [-0.15, -0.1) is 0 Å². The second-order valence-corrected chi connectivity index (χ2v) is 4.92. The van der Waals surface area contributed by atoms with Gasteiger partial charge in [-0.25, -0.2) is 0 Å². The number of rotatable bonds is 4. The van der Waals surface area contributed by atoms with Crippen molar-refractivity contribution >= 4 is 22.0 Å². The average molecular weight is 303 g/mol. The summed E-state index contributed by atoms with van der Waals surface area (Å²) in [5, 5.41) is 0. The maximum Gasteiger partial charge on any atom is 0.118 e. The fourth-order valence-corrected chi connectivity index (χ4v) is 1.93. The van der Waals surface area contributed by atoms with Crippen LogP contribution in [0.25, 0.3) is 6.08 Å². The van der Waals surface area contributed by atoms with Crippen molar-refractivity contribution in [1.29, 1.82) is 0 Å². The minimum atomic E-state index is 0.899. The molecule has 0 bridgehead atoms. The Hall–Kier alpha value is -1.54. The summed E-state index contributed by atoms with van der Waals surface area (Å²) >= 11 is 3.43. The zero-order chi connectivity index (χ0) is 12.8. The van der Waals surface area contributed by atoms with Gasteiger partial charge in [-0.05, 0) is 41.8 Å². The van der Waals surface area contributed by atoms with E-state index in [-0.39, 0.29) is 0 Å². The first-order valence-corrected chi connectivity index (χ1v) is 6.62. The molecule has 0 aliphatic carbocycles. The zero-order valence-electron chi connectivity index (χ0n) is 10.3. The van der Waals surface area contributed by atoms with Crippen LogP contribution in [0.15, 0.2) is 59.1 Å². The molecule has 0 spiro atoms. The second kappa shape index (κ2) is 6.41. The van der Waals surface area contributed by atoms with E-state index in [1.54, 1.807) is 7.11 Å². The Balaban J connectivity index is 1.95. The molecule has 92 valence electrons. The summed E-state index contributed by atoms with van der Waals surface area (Å²) in [6, 6.07) is 16.4. The number of allylic oxidation sites excluding steroid dienone is 1. The van der Waals surface area contributed by atoms with Gasteiger partial charge in [-0.3, -0.25) is 0 Å². The van der Waals surface area contributed by atoms with E-state index in [1.807, 2.05) is 24.3 Å². The quantitative estimate of drug-likeness (QED) is 0.794. The Bertz CT molecular complexity index is 512. The first kappa shape index (κ1) is 12.9. The SMILES string of the molecule is COc1ccc(C/C=C\c2ccc(Br)cc2)cc1. The van der Waals surface area contributed by atoms with E-state index < -0.39 is 0 Å². The summed E-state index contributed by atoms with van der Waals surface area (Å²) in [7, 11) is 1.68. The van der Waals surface area contributed by atoms with Gasteiger partial charge in [-0.1, -0.05) is 52.3 Å². The largest absolute Gasteiger partial charge is 0.497 e. The van der Waals surface area contributed by atoms with Gasteiger partial charge in [-0.2, -0.15) is 0 Å². The predicted molar refractivity (Wildman–Crippen MR) is 79.9 cm³/mol. The van der Waals surface area contributed by atoms with Crippen LogP contribution in [0, 0.1) is 0 Å². The third-order valence-corrected chi connectivity index (χ3v) is 3.22. The second-order valence-electron chi connectivity index (χ2n) is 4.01.